The van der Waals surface area contributed by atoms with Gasteiger partial charge in [-0.25, -0.2) is 0 Å². The molecule has 0 unspecified atom stereocenters. The Bertz CT molecular complexity index is 1030. The molecular formula is C24H26F3NO5. The number of alkyl halides is 3. The van der Waals surface area contributed by atoms with Gasteiger partial charge in [0.2, 0.25) is 0 Å². The van der Waals surface area contributed by atoms with E-state index >= 15 is 0 Å². The van der Waals surface area contributed by atoms with Crippen LogP contribution in [0.3, 0.4) is 0 Å². The Morgan fingerprint density at radius 2 is 1.97 bits per heavy atom. The number of ether oxygens (including phenoxy) is 3. The number of nitrogens with zero attached hydrogens (tertiary/aromatic N) is 1. The van der Waals surface area contributed by atoms with Gasteiger partial charge in [-0.05, 0) is 62.4 Å². The first-order valence-corrected chi connectivity index (χ1v) is 10.4. The Morgan fingerprint density at radius 1 is 1.21 bits per heavy atom. The number of benzene rings is 2. The Labute approximate surface area is 190 Å². The molecule has 9 heteroatoms. The number of fused-ring (bicyclic) bond motifs is 1. The topological polar surface area (TPSA) is 68.2 Å². The number of carboxylic acid groups (broad SMARTS) is 1. The van der Waals surface area contributed by atoms with Crippen LogP contribution in [0, 0.1) is 0 Å². The fourth-order valence-electron chi connectivity index (χ4n) is 3.42. The van der Waals surface area contributed by atoms with Crippen molar-refractivity contribution in [3.05, 3.63) is 58.7 Å². The second-order valence-corrected chi connectivity index (χ2v) is 8.14. The van der Waals surface area contributed by atoms with Gasteiger partial charge in [0, 0.05) is 18.2 Å². The van der Waals surface area contributed by atoms with Crippen molar-refractivity contribution in [3.63, 3.8) is 0 Å². The number of hydrogen-bond donors (Lipinski definition) is 1. The lowest BCUT2D eigenvalue weighted by Gasteiger charge is -2.22. The summed E-state index contributed by atoms with van der Waals surface area (Å²) in [5.74, 6) is -0.0556. The summed E-state index contributed by atoms with van der Waals surface area (Å²) >= 11 is 0. The highest BCUT2D eigenvalue weighted by Gasteiger charge is 2.35. The van der Waals surface area contributed by atoms with Crippen LogP contribution in [0.1, 0.15) is 30.5 Å². The molecule has 0 amide bonds. The van der Waals surface area contributed by atoms with Crippen LogP contribution >= 0.6 is 0 Å². The van der Waals surface area contributed by atoms with E-state index in [1.54, 1.807) is 50.1 Å². The van der Waals surface area contributed by atoms with Gasteiger partial charge < -0.3 is 19.3 Å². The van der Waals surface area contributed by atoms with Gasteiger partial charge in [0.1, 0.15) is 30.5 Å². The Hall–Kier alpha value is -3.20. The van der Waals surface area contributed by atoms with E-state index in [0.717, 1.165) is 17.2 Å². The lowest BCUT2D eigenvalue weighted by Crippen LogP contribution is -2.29. The molecule has 6 nitrogen and oxygen atoms in total. The zero-order valence-electron chi connectivity index (χ0n) is 18.6. The fraction of sp³-hybridized carbons (Fsp3) is 0.375. The number of likely N-dealkylation sites (N-methyl/N-ethyl adjacent to an activating group) is 1. The Balaban J connectivity index is 1.68. The maximum atomic E-state index is 13.4. The van der Waals surface area contributed by atoms with Crippen LogP contribution in [0.5, 0.6) is 17.2 Å². The van der Waals surface area contributed by atoms with Crippen molar-refractivity contribution in [2.24, 2.45) is 0 Å². The molecule has 3 rings (SSSR count). The van der Waals surface area contributed by atoms with Gasteiger partial charge in [0.15, 0.2) is 0 Å². The highest BCUT2D eigenvalue weighted by Crippen LogP contribution is 2.37. The van der Waals surface area contributed by atoms with E-state index in [0.29, 0.717) is 30.2 Å². The first-order valence-electron chi connectivity index (χ1n) is 10.4. The lowest BCUT2D eigenvalue weighted by atomic mass is 10.1. The Morgan fingerprint density at radius 3 is 2.64 bits per heavy atom. The van der Waals surface area contributed by atoms with Crippen LogP contribution in [0.15, 0.2) is 42.0 Å². The van der Waals surface area contributed by atoms with Gasteiger partial charge in [-0.3, -0.25) is 9.69 Å². The van der Waals surface area contributed by atoms with E-state index in [-0.39, 0.29) is 25.0 Å². The summed E-state index contributed by atoms with van der Waals surface area (Å²) < 4.78 is 57.0. The molecule has 0 radical (unpaired) electrons. The molecule has 1 aliphatic rings. The third-order valence-electron chi connectivity index (χ3n) is 4.75. The molecule has 178 valence electrons. The molecule has 0 saturated carbocycles. The summed E-state index contributed by atoms with van der Waals surface area (Å²) in [5.41, 5.74) is 1.28. The van der Waals surface area contributed by atoms with Gasteiger partial charge in [0.05, 0.1) is 18.2 Å². The zero-order valence-corrected chi connectivity index (χ0v) is 18.6. The summed E-state index contributed by atoms with van der Waals surface area (Å²) in [6, 6.07) is 9.08. The van der Waals surface area contributed by atoms with Crippen molar-refractivity contribution in [2.45, 2.75) is 32.7 Å². The molecule has 0 saturated heterocycles. The average Bonchev–Trinajstić information content (AvgIpc) is 2.71. The van der Waals surface area contributed by atoms with E-state index in [2.05, 4.69) is 0 Å². The van der Waals surface area contributed by atoms with Crippen molar-refractivity contribution in [1.29, 1.82) is 0 Å². The molecule has 33 heavy (non-hydrogen) atoms. The molecule has 0 atom stereocenters. The minimum Gasteiger partial charge on any atom is -0.490 e. The molecule has 2 aromatic rings. The number of rotatable bonds is 9. The first kappa shape index (κ1) is 24.4. The van der Waals surface area contributed by atoms with Crippen molar-refractivity contribution in [3.8, 4) is 17.2 Å². The van der Waals surface area contributed by atoms with Crippen LogP contribution < -0.4 is 14.2 Å². The maximum absolute atomic E-state index is 13.4. The second kappa shape index (κ2) is 10.2. The number of carboxylic acids is 1. The quantitative estimate of drug-likeness (QED) is 0.570. The van der Waals surface area contributed by atoms with Crippen LogP contribution in [0.4, 0.5) is 13.2 Å². The van der Waals surface area contributed by atoms with E-state index in [4.69, 9.17) is 19.3 Å². The molecule has 1 aliphatic heterocycles. The van der Waals surface area contributed by atoms with Gasteiger partial charge in [-0.2, -0.15) is 13.2 Å². The minimum atomic E-state index is -4.54. The largest absolute Gasteiger partial charge is 0.490 e. The number of hydrogen-bond acceptors (Lipinski definition) is 5. The standard InChI is InChI=1S/C24H26F3NO5/c1-15(2)33-21-7-4-16(9-20(21)24(25,26)27)13-31-19-6-5-18-8-17(14-32-22(18)10-19)11-28(3)12-23(29)30/h4-10,15H,11-14H2,1-3H3,(H,29,30). The first-order chi connectivity index (χ1) is 15.5. The zero-order chi connectivity index (χ0) is 24.2. The van der Waals surface area contributed by atoms with E-state index < -0.39 is 17.7 Å². The predicted molar refractivity (Wildman–Crippen MR) is 117 cm³/mol. The number of halogens is 3. The van der Waals surface area contributed by atoms with Gasteiger partial charge in [0.25, 0.3) is 0 Å². The van der Waals surface area contributed by atoms with Crippen LogP contribution in [0.25, 0.3) is 6.08 Å². The summed E-state index contributed by atoms with van der Waals surface area (Å²) in [5, 5.41) is 8.87. The predicted octanol–water partition coefficient (Wildman–Crippen LogP) is 4.86. The maximum Gasteiger partial charge on any atom is 0.419 e. The average molecular weight is 465 g/mol. The minimum absolute atomic E-state index is 0.0507. The number of carbonyl (C=O) groups is 1. The Kier molecular flexibility index (Phi) is 7.53. The van der Waals surface area contributed by atoms with Crippen molar-refractivity contribution in [2.75, 3.05) is 26.7 Å². The normalized spacial score (nSPS) is 13.4. The molecule has 2 aromatic carbocycles. The van der Waals surface area contributed by atoms with Crippen molar-refractivity contribution < 1.29 is 37.3 Å². The number of aliphatic carboxylic acids is 1. The van der Waals surface area contributed by atoms with Crippen LogP contribution in [0.2, 0.25) is 0 Å². The molecule has 0 aliphatic carbocycles. The smallest absolute Gasteiger partial charge is 0.419 e. The molecule has 0 aromatic heterocycles. The second-order valence-electron chi connectivity index (χ2n) is 8.14. The van der Waals surface area contributed by atoms with E-state index in [1.807, 2.05) is 6.08 Å². The highest BCUT2D eigenvalue weighted by atomic mass is 19.4. The third-order valence-corrected chi connectivity index (χ3v) is 4.75. The lowest BCUT2D eigenvalue weighted by molar-refractivity contribution is -0.139. The fourth-order valence-corrected chi connectivity index (χ4v) is 3.42. The van der Waals surface area contributed by atoms with Crippen molar-refractivity contribution in [1.82, 2.24) is 4.90 Å². The SMILES string of the molecule is CC(C)Oc1ccc(COc2ccc3c(c2)OCC(CN(C)CC(=O)O)=C3)cc1C(F)(F)F. The monoisotopic (exact) mass is 465 g/mol. The molecule has 0 fully saturated rings. The van der Waals surface area contributed by atoms with E-state index in [1.165, 1.54) is 6.07 Å². The molecule has 0 bridgehead atoms. The molecule has 0 spiro atoms. The molecular weight excluding hydrogens is 439 g/mol. The van der Waals surface area contributed by atoms with Crippen LogP contribution in [-0.2, 0) is 17.6 Å². The van der Waals surface area contributed by atoms with Gasteiger partial charge in [-0.15, -0.1) is 0 Å². The summed E-state index contributed by atoms with van der Waals surface area (Å²) in [6.07, 6.45) is -2.98. The highest BCUT2D eigenvalue weighted by molar-refractivity contribution is 5.69. The van der Waals surface area contributed by atoms with Crippen molar-refractivity contribution >= 4 is 12.0 Å². The van der Waals surface area contributed by atoms with Crippen LogP contribution in [-0.4, -0.2) is 48.8 Å². The summed E-state index contributed by atoms with van der Waals surface area (Å²) in [7, 11) is 1.72. The molecule has 1 heterocycles. The van der Waals surface area contributed by atoms with Gasteiger partial charge in [-0.1, -0.05) is 6.07 Å². The summed E-state index contributed by atoms with van der Waals surface area (Å²) in [6.45, 7) is 3.99. The summed E-state index contributed by atoms with van der Waals surface area (Å²) in [4.78, 5) is 12.5. The third kappa shape index (κ3) is 6.89. The molecule has 1 N–H and O–H groups in total. The van der Waals surface area contributed by atoms with Gasteiger partial charge >= 0.3 is 12.1 Å². The van der Waals surface area contributed by atoms with E-state index in [9.17, 15) is 18.0 Å².